The zero-order valence-corrected chi connectivity index (χ0v) is 17.7. The highest BCUT2D eigenvalue weighted by atomic mass is 35.5. The third kappa shape index (κ3) is 4.10. The molecule has 1 unspecified atom stereocenters. The third-order valence-electron chi connectivity index (χ3n) is 6.60. The molecule has 3 aromatic rings. The Hall–Kier alpha value is -2.70. The van der Waals surface area contributed by atoms with Crippen molar-refractivity contribution in [3.63, 3.8) is 0 Å². The van der Waals surface area contributed by atoms with Crippen molar-refractivity contribution in [2.75, 3.05) is 6.61 Å². The number of benzene rings is 2. The number of aliphatic hydroxyl groups excluding tert-OH is 1. The number of hydrogen-bond acceptors (Lipinski definition) is 5. The van der Waals surface area contributed by atoms with Gasteiger partial charge in [-0.3, -0.25) is 4.79 Å². The van der Waals surface area contributed by atoms with Gasteiger partial charge in [0.25, 0.3) is 5.91 Å². The lowest BCUT2D eigenvalue weighted by atomic mass is 9.99. The van der Waals surface area contributed by atoms with Crippen molar-refractivity contribution in [1.82, 2.24) is 15.5 Å². The minimum absolute atomic E-state index is 0.0347. The molecule has 2 aliphatic rings. The number of nitrogens with zero attached hydrogens (tertiary/aromatic N) is 2. The molecule has 2 saturated carbocycles. The fourth-order valence-corrected chi connectivity index (χ4v) is 5.27. The van der Waals surface area contributed by atoms with Gasteiger partial charge in [0, 0.05) is 28.6 Å². The first kappa shape index (κ1) is 20.2. The number of nitrogens with one attached hydrogen (secondary N) is 1. The van der Waals surface area contributed by atoms with E-state index < -0.39 is 0 Å². The van der Waals surface area contributed by atoms with E-state index in [4.69, 9.17) is 16.3 Å². The minimum atomic E-state index is -0.123. The average molecular weight is 438 g/mol. The third-order valence-corrected chi connectivity index (χ3v) is 6.85. The molecule has 31 heavy (non-hydrogen) atoms. The lowest BCUT2D eigenvalue weighted by Crippen LogP contribution is -2.39. The summed E-state index contributed by atoms with van der Waals surface area (Å²) in [5, 5.41) is 22.5. The van der Waals surface area contributed by atoms with E-state index in [-0.39, 0.29) is 24.7 Å². The van der Waals surface area contributed by atoms with Gasteiger partial charge in [-0.25, -0.2) is 0 Å². The number of carbonyl (C=O) groups excluding carboxylic acids is 1. The van der Waals surface area contributed by atoms with E-state index in [2.05, 4.69) is 15.5 Å². The lowest BCUT2D eigenvalue weighted by molar-refractivity contribution is 0.0916. The Labute approximate surface area is 185 Å². The van der Waals surface area contributed by atoms with Crippen LogP contribution in [0.1, 0.15) is 29.6 Å². The van der Waals surface area contributed by atoms with Crippen molar-refractivity contribution in [1.29, 1.82) is 0 Å². The number of fused-ring (bicyclic) bond motifs is 2. The van der Waals surface area contributed by atoms with Crippen LogP contribution in [-0.4, -0.2) is 40.0 Å². The van der Waals surface area contributed by atoms with Crippen LogP contribution in [0, 0.1) is 17.8 Å². The molecular formula is C24H24ClN3O3. The summed E-state index contributed by atoms with van der Waals surface area (Å²) < 4.78 is 6.29. The normalized spacial score (nSPS) is 25.1. The molecule has 1 amide bonds. The molecule has 0 spiro atoms. The van der Waals surface area contributed by atoms with Gasteiger partial charge in [0.1, 0.15) is 5.75 Å². The summed E-state index contributed by atoms with van der Waals surface area (Å²) in [5.74, 6) is 2.05. The number of halogens is 1. The van der Waals surface area contributed by atoms with E-state index in [0.29, 0.717) is 34.8 Å². The largest absolute Gasteiger partial charge is 0.488 e. The summed E-state index contributed by atoms with van der Waals surface area (Å²) in [6, 6.07) is 14.7. The Morgan fingerprint density at radius 2 is 1.90 bits per heavy atom. The zero-order valence-electron chi connectivity index (χ0n) is 16.9. The second-order valence-corrected chi connectivity index (χ2v) is 8.88. The summed E-state index contributed by atoms with van der Waals surface area (Å²) in [4.78, 5) is 12.6. The number of aliphatic hydroxyl groups is 1. The van der Waals surface area contributed by atoms with Crippen molar-refractivity contribution in [3.05, 3.63) is 65.3 Å². The van der Waals surface area contributed by atoms with Crippen molar-refractivity contribution >= 4 is 28.4 Å². The Morgan fingerprint density at radius 3 is 2.65 bits per heavy atom. The van der Waals surface area contributed by atoms with Crippen LogP contribution in [0.4, 0.5) is 0 Å². The van der Waals surface area contributed by atoms with Crippen molar-refractivity contribution in [2.24, 2.45) is 17.8 Å². The summed E-state index contributed by atoms with van der Waals surface area (Å²) in [7, 11) is 0. The highest BCUT2D eigenvalue weighted by Crippen LogP contribution is 2.60. The van der Waals surface area contributed by atoms with Crippen LogP contribution in [-0.2, 0) is 0 Å². The molecule has 0 radical (unpaired) electrons. The molecule has 0 aliphatic heterocycles. The summed E-state index contributed by atoms with van der Waals surface area (Å²) in [6.07, 6.45) is 4.28. The zero-order chi connectivity index (χ0) is 21.4. The van der Waals surface area contributed by atoms with Crippen LogP contribution in [0.2, 0.25) is 5.02 Å². The van der Waals surface area contributed by atoms with E-state index in [1.165, 1.54) is 0 Å². The van der Waals surface area contributed by atoms with Crippen LogP contribution in [0.25, 0.3) is 10.9 Å². The SMILES string of the molecule is O=C(NC(CCO)[C@H]1[C@@H]2C[C@@H](Oc3cnnc4ccccc34)C[C@@H]21)c1ccc(Cl)cc1. The van der Waals surface area contributed by atoms with Gasteiger partial charge < -0.3 is 15.2 Å². The second-order valence-electron chi connectivity index (χ2n) is 8.44. The molecule has 2 aliphatic carbocycles. The standard InChI is InChI=1S/C24H24ClN3O3/c25-15-7-5-14(6-8-15)24(30)27-21(9-10-29)23-18-11-16(12-19(18)23)31-22-13-26-28-20-4-2-1-3-17(20)22/h1-8,13,16,18-19,21,23,29H,9-12H2,(H,27,30)/t16-,18-,19+,21?,23+. The maximum atomic E-state index is 12.6. The monoisotopic (exact) mass is 437 g/mol. The molecule has 5 rings (SSSR count). The molecule has 0 bridgehead atoms. The van der Waals surface area contributed by atoms with Gasteiger partial charge in [0.05, 0.1) is 17.8 Å². The Balaban J connectivity index is 1.21. The van der Waals surface area contributed by atoms with Gasteiger partial charge in [0.15, 0.2) is 0 Å². The number of hydrogen-bond donors (Lipinski definition) is 2. The van der Waals surface area contributed by atoms with Gasteiger partial charge in [0.2, 0.25) is 0 Å². The van der Waals surface area contributed by atoms with E-state index in [1.54, 1.807) is 30.5 Å². The van der Waals surface area contributed by atoms with Crippen molar-refractivity contribution in [3.8, 4) is 5.75 Å². The molecule has 0 saturated heterocycles. The number of amides is 1. The molecule has 2 fully saturated rings. The Morgan fingerprint density at radius 1 is 1.16 bits per heavy atom. The van der Waals surface area contributed by atoms with Crippen LogP contribution in [0.15, 0.2) is 54.7 Å². The average Bonchev–Trinajstić information content (AvgIpc) is 3.28. The maximum Gasteiger partial charge on any atom is 0.251 e. The van der Waals surface area contributed by atoms with Crippen molar-refractivity contribution < 1.29 is 14.6 Å². The smallest absolute Gasteiger partial charge is 0.251 e. The van der Waals surface area contributed by atoms with E-state index in [9.17, 15) is 9.90 Å². The van der Waals surface area contributed by atoms with Gasteiger partial charge in [-0.2, -0.15) is 10.2 Å². The maximum absolute atomic E-state index is 12.6. The van der Waals surface area contributed by atoms with Crippen LogP contribution >= 0.6 is 11.6 Å². The molecule has 6 nitrogen and oxygen atoms in total. The topological polar surface area (TPSA) is 84.3 Å². The Kier molecular flexibility index (Phi) is 5.50. The van der Waals surface area contributed by atoms with Gasteiger partial charge >= 0.3 is 0 Å². The minimum Gasteiger partial charge on any atom is -0.488 e. The Bertz CT molecular complexity index is 1070. The summed E-state index contributed by atoms with van der Waals surface area (Å²) in [6.45, 7) is 0.0517. The molecular weight excluding hydrogens is 414 g/mol. The van der Waals surface area contributed by atoms with E-state index in [0.717, 1.165) is 29.5 Å². The predicted molar refractivity (Wildman–Crippen MR) is 118 cm³/mol. The van der Waals surface area contributed by atoms with Crippen LogP contribution in [0.5, 0.6) is 5.75 Å². The van der Waals surface area contributed by atoms with Gasteiger partial charge in [-0.1, -0.05) is 23.7 Å². The van der Waals surface area contributed by atoms with Crippen LogP contribution in [0.3, 0.4) is 0 Å². The fraction of sp³-hybridized carbons (Fsp3) is 0.375. The first-order chi connectivity index (χ1) is 15.1. The molecule has 5 atom stereocenters. The summed E-state index contributed by atoms with van der Waals surface area (Å²) in [5.41, 5.74) is 1.41. The fourth-order valence-electron chi connectivity index (χ4n) is 5.14. The molecule has 160 valence electrons. The second kappa shape index (κ2) is 8.44. The summed E-state index contributed by atoms with van der Waals surface area (Å²) >= 11 is 5.92. The van der Waals surface area contributed by atoms with E-state index in [1.807, 2.05) is 24.3 Å². The number of aromatic nitrogens is 2. The highest BCUT2D eigenvalue weighted by Gasteiger charge is 2.59. The molecule has 7 heteroatoms. The number of rotatable bonds is 7. The van der Waals surface area contributed by atoms with Crippen molar-refractivity contribution in [2.45, 2.75) is 31.4 Å². The first-order valence-electron chi connectivity index (χ1n) is 10.7. The number of carbonyl (C=O) groups is 1. The molecule has 2 N–H and O–H groups in total. The lowest BCUT2D eigenvalue weighted by Gasteiger charge is -2.23. The quantitative estimate of drug-likeness (QED) is 0.586. The predicted octanol–water partition coefficient (Wildman–Crippen LogP) is 3.87. The molecule has 2 aromatic carbocycles. The molecule has 1 heterocycles. The van der Waals surface area contributed by atoms with Gasteiger partial charge in [-0.15, -0.1) is 0 Å². The molecule has 1 aromatic heterocycles. The van der Waals surface area contributed by atoms with Crippen LogP contribution < -0.4 is 10.1 Å². The number of ether oxygens (including phenoxy) is 1. The van der Waals surface area contributed by atoms with E-state index >= 15 is 0 Å². The highest BCUT2D eigenvalue weighted by molar-refractivity contribution is 6.30. The first-order valence-corrected chi connectivity index (χ1v) is 11.1. The van der Waals surface area contributed by atoms with Gasteiger partial charge in [-0.05, 0) is 73.4 Å².